The molecule has 0 amide bonds. The zero-order chi connectivity index (χ0) is 13.0. The topological polar surface area (TPSA) is 49.5 Å². The van der Waals surface area contributed by atoms with Crippen molar-refractivity contribution >= 4 is 11.6 Å². The highest BCUT2D eigenvalue weighted by Crippen LogP contribution is 2.26. The molecular weight excluding hydrogens is 248 g/mol. The Morgan fingerprint density at radius 1 is 1.44 bits per heavy atom. The summed E-state index contributed by atoms with van der Waals surface area (Å²) < 4.78 is 0. The quantitative estimate of drug-likeness (QED) is 0.883. The standard InChI is InChI=1S/C14H21ClN2O/c15-13-3-4-14(18)12(8-13)10-17-7-1-2-11(9-17)5-6-16/h3-4,8,11,18H,1-2,5-7,9-10,16H2. The maximum absolute atomic E-state index is 9.83. The van der Waals surface area contributed by atoms with Gasteiger partial charge in [-0.3, -0.25) is 4.90 Å². The van der Waals surface area contributed by atoms with Gasteiger partial charge in [-0.1, -0.05) is 11.6 Å². The van der Waals surface area contributed by atoms with E-state index in [1.165, 1.54) is 12.8 Å². The van der Waals surface area contributed by atoms with Gasteiger partial charge in [-0.25, -0.2) is 0 Å². The van der Waals surface area contributed by atoms with Crippen molar-refractivity contribution in [2.24, 2.45) is 11.7 Å². The predicted octanol–water partition coefficient (Wildman–Crippen LogP) is 2.61. The molecule has 4 heteroatoms. The fraction of sp³-hybridized carbons (Fsp3) is 0.571. The van der Waals surface area contributed by atoms with Crippen LogP contribution in [0, 0.1) is 5.92 Å². The molecule has 1 heterocycles. The summed E-state index contributed by atoms with van der Waals surface area (Å²) in [5, 5.41) is 10.5. The molecule has 0 radical (unpaired) electrons. The average molecular weight is 269 g/mol. The van der Waals surface area contributed by atoms with Crippen molar-refractivity contribution in [3.8, 4) is 5.75 Å². The van der Waals surface area contributed by atoms with Gasteiger partial charge < -0.3 is 10.8 Å². The maximum Gasteiger partial charge on any atom is 0.120 e. The molecule has 1 aliphatic heterocycles. The summed E-state index contributed by atoms with van der Waals surface area (Å²) in [5.41, 5.74) is 6.54. The van der Waals surface area contributed by atoms with Crippen LogP contribution in [0.2, 0.25) is 5.02 Å². The fourth-order valence-electron chi connectivity index (χ4n) is 2.69. The molecular formula is C14H21ClN2O. The van der Waals surface area contributed by atoms with Crippen LogP contribution in [0.4, 0.5) is 0 Å². The van der Waals surface area contributed by atoms with Crippen LogP contribution in [-0.2, 0) is 6.54 Å². The van der Waals surface area contributed by atoms with E-state index >= 15 is 0 Å². The van der Waals surface area contributed by atoms with E-state index in [1.54, 1.807) is 12.1 Å². The minimum atomic E-state index is 0.334. The zero-order valence-corrected chi connectivity index (χ0v) is 11.4. The molecule has 3 N–H and O–H groups in total. The maximum atomic E-state index is 9.83. The number of rotatable bonds is 4. The van der Waals surface area contributed by atoms with Crippen molar-refractivity contribution in [1.82, 2.24) is 4.90 Å². The van der Waals surface area contributed by atoms with Crippen LogP contribution in [0.25, 0.3) is 0 Å². The Labute approximate surface area is 114 Å². The highest BCUT2D eigenvalue weighted by Gasteiger charge is 2.20. The van der Waals surface area contributed by atoms with Gasteiger partial charge in [0.2, 0.25) is 0 Å². The lowest BCUT2D eigenvalue weighted by atomic mass is 9.94. The van der Waals surface area contributed by atoms with Gasteiger partial charge in [-0.15, -0.1) is 0 Å². The molecule has 0 aromatic heterocycles. The fourth-order valence-corrected chi connectivity index (χ4v) is 2.88. The van der Waals surface area contributed by atoms with E-state index in [0.717, 1.165) is 38.2 Å². The molecule has 1 aromatic carbocycles. The second-order valence-electron chi connectivity index (χ2n) is 5.09. The van der Waals surface area contributed by atoms with Crippen LogP contribution in [0.3, 0.4) is 0 Å². The first-order chi connectivity index (χ1) is 8.69. The lowest BCUT2D eigenvalue weighted by Gasteiger charge is -2.32. The van der Waals surface area contributed by atoms with Crippen LogP contribution in [0.1, 0.15) is 24.8 Å². The third-order valence-electron chi connectivity index (χ3n) is 3.61. The summed E-state index contributed by atoms with van der Waals surface area (Å²) in [7, 11) is 0. The number of phenolic OH excluding ortho intramolecular Hbond substituents is 1. The average Bonchev–Trinajstić information content (AvgIpc) is 2.35. The molecule has 1 aromatic rings. The molecule has 1 unspecified atom stereocenters. The van der Waals surface area contributed by atoms with Crippen molar-refractivity contribution in [1.29, 1.82) is 0 Å². The number of nitrogens with two attached hydrogens (primary N) is 1. The second kappa shape index (κ2) is 6.41. The Balaban J connectivity index is 1.98. The Bertz CT molecular complexity index is 395. The summed E-state index contributed by atoms with van der Waals surface area (Å²) in [4.78, 5) is 2.38. The summed E-state index contributed by atoms with van der Waals surface area (Å²) in [6.07, 6.45) is 3.58. The molecule has 0 saturated carbocycles. The van der Waals surface area contributed by atoms with Gasteiger partial charge in [0.15, 0.2) is 0 Å². The Hall–Kier alpha value is -0.770. The van der Waals surface area contributed by atoms with Crippen molar-refractivity contribution < 1.29 is 5.11 Å². The largest absolute Gasteiger partial charge is 0.508 e. The Morgan fingerprint density at radius 2 is 2.28 bits per heavy atom. The van der Waals surface area contributed by atoms with Crippen molar-refractivity contribution in [2.45, 2.75) is 25.8 Å². The third-order valence-corrected chi connectivity index (χ3v) is 3.85. The molecule has 1 saturated heterocycles. The highest BCUT2D eigenvalue weighted by molar-refractivity contribution is 6.30. The van der Waals surface area contributed by atoms with Crippen LogP contribution in [0.15, 0.2) is 18.2 Å². The van der Waals surface area contributed by atoms with Gasteiger partial charge in [0, 0.05) is 23.7 Å². The number of hydrogen-bond donors (Lipinski definition) is 2. The summed E-state index contributed by atoms with van der Waals surface area (Å²) in [5.74, 6) is 1.03. The monoisotopic (exact) mass is 268 g/mol. The molecule has 0 spiro atoms. The van der Waals surface area contributed by atoms with E-state index in [-0.39, 0.29) is 0 Å². The molecule has 0 bridgehead atoms. The van der Waals surface area contributed by atoms with Crippen LogP contribution >= 0.6 is 11.6 Å². The van der Waals surface area contributed by atoms with Crippen LogP contribution in [-0.4, -0.2) is 29.6 Å². The highest BCUT2D eigenvalue weighted by atomic mass is 35.5. The molecule has 1 atom stereocenters. The number of aromatic hydroxyl groups is 1. The van der Waals surface area contributed by atoms with Gasteiger partial charge >= 0.3 is 0 Å². The van der Waals surface area contributed by atoms with Crippen LogP contribution < -0.4 is 5.73 Å². The SMILES string of the molecule is NCCC1CCCN(Cc2cc(Cl)ccc2O)C1. The molecule has 3 nitrogen and oxygen atoms in total. The van der Waals surface area contributed by atoms with E-state index in [4.69, 9.17) is 17.3 Å². The molecule has 1 fully saturated rings. The molecule has 0 aliphatic carbocycles. The minimum Gasteiger partial charge on any atom is -0.508 e. The first-order valence-corrected chi connectivity index (χ1v) is 6.96. The van der Waals surface area contributed by atoms with Crippen molar-refractivity contribution in [2.75, 3.05) is 19.6 Å². The minimum absolute atomic E-state index is 0.334. The van der Waals surface area contributed by atoms with E-state index in [0.29, 0.717) is 16.7 Å². The summed E-state index contributed by atoms with van der Waals surface area (Å²) in [6, 6.07) is 5.23. The van der Waals surface area contributed by atoms with Crippen molar-refractivity contribution in [3.63, 3.8) is 0 Å². The van der Waals surface area contributed by atoms with Crippen LogP contribution in [0.5, 0.6) is 5.75 Å². The first kappa shape index (κ1) is 13.7. The number of nitrogens with zero attached hydrogens (tertiary/aromatic N) is 1. The first-order valence-electron chi connectivity index (χ1n) is 6.59. The van der Waals surface area contributed by atoms with Gasteiger partial charge in [-0.2, -0.15) is 0 Å². The van der Waals surface area contributed by atoms with Crippen molar-refractivity contribution in [3.05, 3.63) is 28.8 Å². The summed E-state index contributed by atoms with van der Waals surface area (Å²) in [6.45, 7) is 3.70. The number of benzene rings is 1. The Morgan fingerprint density at radius 3 is 3.06 bits per heavy atom. The number of likely N-dealkylation sites (tertiary alicyclic amines) is 1. The van der Waals surface area contributed by atoms with E-state index in [2.05, 4.69) is 4.90 Å². The summed E-state index contributed by atoms with van der Waals surface area (Å²) >= 11 is 5.97. The van der Waals surface area contributed by atoms with E-state index in [9.17, 15) is 5.11 Å². The number of phenols is 1. The molecule has 1 aliphatic rings. The zero-order valence-electron chi connectivity index (χ0n) is 10.6. The normalized spacial score (nSPS) is 21.1. The smallest absolute Gasteiger partial charge is 0.120 e. The number of hydrogen-bond acceptors (Lipinski definition) is 3. The molecule has 100 valence electrons. The third kappa shape index (κ3) is 3.61. The lowest BCUT2D eigenvalue weighted by Crippen LogP contribution is -2.35. The van der Waals surface area contributed by atoms with Gasteiger partial charge in [-0.05, 0) is 56.5 Å². The van der Waals surface area contributed by atoms with Gasteiger partial charge in [0.25, 0.3) is 0 Å². The van der Waals surface area contributed by atoms with E-state index in [1.807, 2.05) is 6.07 Å². The lowest BCUT2D eigenvalue weighted by molar-refractivity contribution is 0.162. The van der Waals surface area contributed by atoms with Gasteiger partial charge in [0.05, 0.1) is 0 Å². The number of piperidine rings is 1. The van der Waals surface area contributed by atoms with Gasteiger partial charge in [0.1, 0.15) is 5.75 Å². The van der Waals surface area contributed by atoms with E-state index < -0.39 is 0 Å². The molecule has 2 rings (SSSR count). The molecule has 18 heavy (non-hydrogen) atoms. The second-order valence-corrected chi connectivity index (χ2v) is 5.53. The number of halogens is 1. The predicted molar refractivity (Wildman–Crippen MR) is 74.8 cm³/mol. The Kier molecular flexibility index (Phi) is 4.87.